The molecule has 3 N–H and O–H groups in total. The summed E-state index contributed by atoms with van der Waals surface area (Å²) in [6.07, 6.45) is 0.724. The molecule has 0 aliphatic carbocycles. The first-order valence-electron chi connectivity index (χ1n) is 9.34. The fraction of sp³-hybridized carbons (Fsp3) is 0.286. The van der Waals surface area contributed by atoms with E-state index in [2.05, 4.69) is 16.0 Å². The molecule has 160 valence electrons. The molecule has 0 heterocycles. The number of amides is 2. The molecule has 2 amide bonds. The predicted molar refractivity (Wildman–Crippen MR) is 125 cm³/mol. The molecule has 0 aromatic heterocycles. The smallest absolute Gasteiger partial charge is 0.226 e. The first kappa shape index (κ1) is 23.9. The quantitative estimate of drug-likeness (QED) is 0.364. The number of benzene rings is 2. The lowest BCUT2D eigenvalue weighted by Gasteiger charge is -2.12. The molecule has 0 atom stereocenters. The maximum absolute atomic E-state index is 12.1. The van der Waals surface area contributed by atoms with Gasteiger partial charge in [-0.05, 0) is 55.0 Å². The lowest BCUT2D eigenvalue weighted by Crippen LogP contribution is -2.34. The molecule has 30 heavy (non-hydrogen) atoms. The molecule has 2 aromatic carbocycles. The van der Waals surface area contributed by atoms with Crippen LogP contribution in [0.5, 0.6) is 5.75 Å². The SMILES string of the molecule is CC(C)C(=O)Nc1cccc(NC(=S)NC(=O)CCCOc2ccc(Cl)cc2Cl)c1. The maximum atomic E-state index is 12.1. The van der Waals surface area contributed by atoms with Crippen LogP contribution in [-0.4, -0.2) is 23.5 Å². The Morgan fingerprint density at radius 3 is 2.43 bits per heavy atom. The second kappa shape index (κ2) is 11.7. The molecule has 0 unspecified atom stereocenters. The summed E-state index contributed by atoms with van der Waals surface area (Å²) >= 11 is 17.1. The van der Waals surface area contributed by atoms with Gasteiger partial charge in [-0.25, -0.2) is 0 Å². The Bertz CT molecular complexity index is 922. The van der Waals surface area contributed by atoms with Crippen LogP contribution in [0, 0.1) is 5.92 Å². The van der Waals surface area contributed by atoms with Crippen molar-refractivity contribution in [2.75, 3.05) is 17.2 Å². The molecular weight excluding hydrogens is 445 g/mol. The average Bonchev–Trinajstić information content (AvgIpc) is 2.66. The van der Waals surface area contributed by atoms with Crippen molar-refractivity contribution in [2.24, 2.45) is 5.92 Å². The summed E-state index contributed by atoms with van der Waals surface area (Å²) in [7, 11) is 0. The van der Waals surface area contributed by atoms with Gasteiger partial charge in [0.15, 0.2) is 5.11 Å². The summed E-state index contributed by atoms with van der Waals surface area (Å²) in [5, 5.41) is 9.49. The fourth-order valence-corrected chi connectivity index (χ4v) is 3.01. The van der Waals surface area contributed by atoms with Crippen LogP contribution in [-0.2, 0) is 9.59 Å². The van der Waals surface area contributed by atoms with Gasteiger partial charge >= 0.3 is 0 Å². The lowest BCUT2D eigenvalue weighted by molar-refractivity contribution is -0.120. The second-order valence-corrected chi connectivity index (χ2v) is 8.01. The summed E-state index contributed by atoms with van der Waals surface area (Å²) in [6, 6.07) is 12.0. The van der Waals surface area contributed by atoms with Crippen molar-refractivity contribution in [1.29, 1.82) is 0 Å². The Kier molecular flexibility index (Phi) is 9.36. The van der Waals surface area contributed by atoms with E-state index in [9.17, 15) is 9.59 Å². The van der Waals surface area contributed by atoms with E-state index in [0.29, 0.717) is 40.2 Å². The zero-order valence-electron chi connectivity index (χ0n) is 16.6. The third-order valence-electron chi connectivity index (χ3n) is 3.86. The molecule has 0 aliphatic heterocycles. The highest BCUT2D eigenvalue weighted by Gasteiger charge is 2.09. The van der Waals surface area contributed by atoms with Gasteiger partial charge in [0.05, 0.1) is 11.6 Å². The molecule has 0 spiro atoms. The molecule has 0 bridgehead atoms. The molecule has 0 saturated heterocycles. The van der Waals surface area contributed by atoms with Crippen LogP contribution < -0.4 is 20.7 Å². The van der Waals surface area contributed by atoms with Crippen molar-refractivity contribution in [3.8, 4) is 5.75 Å². The fourth-order valence-electron chi connectivity index (χ4n) is 2.32. The second-order valence-electron chi connectivity index (χ2n) is 6.75. The minimum absolute atomic E-state index is 0.0786. The molecule has 0 fully saturated rings. The van der Waals surface area contributed by atoms with Crippen molar-refractivity contribution >= 4 is 63.7 Å². The number of carbonyl (C=O) groups excluding carboxylic acids is 2. The van der Waals surface area contributed by atoms with Crippen molar-refractivity contribution < 1.29 is 14.3 Å². The van der Waals surface area contributed by atoms with Gasteiger partial charge in [-0.3, -0.25) is 9.59 Å². The Morgan fingerprint density at radius 2 is 1.77 bits per heavy atom. The highest BCUT2D eigenvalue weighted by atomic mass is 35.5. The maximum Gasteiger partial charge on any atom is 0.226 e. The molecule has 0 saturated carbocycles. The summed E-state index contributed by atoms with van der Waals surface area (Å²) in [6.45, 7) is 3.96. The number of rotatable bonds is 8. The number of thiocarbonyl (C=S) groups is 1. The highest BCUT2D eigenvalue weighted by molar-refractivity contribution is 7.80. The van der Waals surface area contributed by atoms with E-state index in [1.165, 1.54) is 0 Å². The van der Waals surface area contributed by atoms with E-state index in [1.807, 2.05) is 13.8 Å². The Labute approximate surface area is 191 Å². The highest BCUT2D eigenvalue weighted by Crippen LogP contribution is 2.27. The minimum Gasteiger partial charge on any atom is -0.492 e. The first-order chi connectivity index (χ1) is 14.2. The first-order valence-corrected chi connectivity index (χ1v) is 10.5. The van der Waals surface area contributed by atoms with Gasteiger partial charge in [0, 0.05) is 28.7 Å². The van der Waals surface area contributed by atoms with Gasteiger partial charge in [-0.2, -0.15) is 0 Å². The molecule has 2 aromatic rings. The van der Waals surface area contributed by atoms with Crippen LogP contribution >= 0.6 is 35.4 Å². The summed E-state index contributed by atoms with van der Waals surface area (Å²) in [4.78, 5) is 23.9. The van der Waals surface area contributed by atoms with Crippen LogP contribution in [0.15, 0.2) is 42.5 Å². The monoisotopic (exact) mass is 467 g/mol. The van der Waals surface area contributed by atoms with Gasteiger partial charge in [0.1, 0.15) is 5.75 Å². The van der Waals surface area contributed by atoms with Crippen molar-refractivity contribution in [1.82, 2.24) is 5.32 Å². The van der Waals surface area contributed by atoms with Crippen molar-refractivity contribution in [3.63, 3.8) is 0 Å². The average molecular weight is 468 g/mol. The topological polar surface area (TPSA) is 79.5 Å². The van der Waals surface area contributed by atoms with Gasteiger partial charge in [0.2, 0.25) is 11.8 Å². The van der Waals surface area contributed by atoms with E-state index in [4.69, 9.17) is 40.2 Å². The Hall–Kier alpha value is -2.35. The number of ether oxygens (including phenoxy) is 1. The predicted octanol–water partition coefficient (Wildman–Crippen LogP) is 5.26. The van der Waals surface area contributed by atoms with Crippen LogP contribution in [0.25, 0.3) is 0 Å². The summed E-state index contributed by atoms with van der Waals surface area (Å²) in [5.74, 6) is 0.0810. The van der Waals surface area contributed by atoms with E-state index in [1.54, 1.807) is 42.5 Å². The zero-order chi connectivity index (χ0) is 22.1. The van der Waals surface area contributed by atoms with Gasteiger partial charge in [-0.1, -0.05) is 43.1 Å². The van der Waals surface area contributed by atoms with Crippen molar-refractivity contribution in [3.05, 3.63) is 52.5 Å². The number of halogens is 2. The van der Waals surface area contributed by atoms with Crippen LogP contribution in [0.4, 0.5) is 11.4 Å². The standard InChI is InChI=1S/C21H23Cl2N3O3S/c1-13(2)20(28)24-15-5-3-6-16(12-15)25-21(30)26-19(27)7-4-10-29-18-9-8-14(22)11-17(18)23/h3,5-6,8-9,11-13H,4,7,10H2,1-2H3,(H,24,28)(H2,25,26,27,30). The Morgan fingerprint density at radius 1 is 1.07 bits per heavy atom. The molecule has 2 rings (SSSR count). The summed E-state index contributed by atoms with van der Waals surface area (Å²) < 4.78 is 5.55. The largest absolute Gasteiger partial charge is 0.492 e. The van der Waals surface area contributed by atoms with Gasteiger partial charge in [0.25, 0.3) is 0 Å². The molecule has 6 nitrogen and oxygen atoms in total. The molecule has 9 heteroatoms. The lowest BCUT2D eigenvalue weighted by atomic mass is 10.2. The van der Waals surface area contributed by atoms with Gasteiger partial charge in [-0.15, -0.1) is 0 Å². The van der Waals surface area contributed by atoms with E-state index in [-0.39, 0.29) is 29.3 Å². The third-order valence-corrected chi connectivity index (χ3v) is 4.60. The molecule has 0 radical (unpaired) electrons. The molecule has 0 aliphatic rings. The normalized spacial score (nSPS) is 10.4. The Balaban J connectivity index is 1.74. The number of hydrogen-bond acceptors (Lipinski definition) is 4. The number of anilines is 2. The number of carbonyl (C=O) groups is 2. The zero-order valence-corrected chi connectivity index (χ0v) is 19.0. The van der Waals surface area contributed by atoms with E-state index >= 15 is 0 Å². The van der Waals surface area contributed by atoms with Gasteiger partial charge < -0.3 is 20.7 Å². The number of nitrogens with one attached hydrogen (secondary N) is 3. The van der Waals surface area contributed by atoms with Crippen LogP contribution in [0.2, 0.25) is 10.0 Å². The van der Waals surface area contributed by atoms with Crippen LogP contribution in [0.3, 0.4) is 0 Å². The van der Waals surface area contributed by atoms with Crippen molar-refractivity contribution in [2.45, 2.75) is 26.7 Å². The van der Waals surface area contributed by atoms with Crippen LogP contribution in [0.1, 0.15) is 26.7 Å². The number of hydrogen-bond donors (Lipinski definition) is 3. The minimum atomic E-state index is -0.234. The van der Waals surface area contributed by atoms with E-state index < -0.39 is 0 Å². The summed E-state index contributed by atoms with van der Waals surface area (Å²) in [5.41, 5.74) is 1.30. The molecular formula is C21H23Cl2N3O3S. The third kappa shape index (κ3) is 8.18. The van der Waals surface area contributed by atoms with E-state index in [0.717, 1.165) is 0 Å².